The van der Waals surface area contributed by atoms with Crippen molar-refractivity contribution in [1.29, 1.82) is 0 Å². The van der Waals surface area contributed by atoms with Gasteiger partial charge in [0.2, 0.25) is 6.79 Å². The van der Waals surface area contributed by atoms with E-state index in [-0.39, 0.29) is 0 Å². The molecule has 1 aromatic carbocycles. The summed E-state index contributed by atoms with van der Waals surface area (Å²) in [6, 6.07) is 5.93. The molecular formula is C13H15N3O2. The number of aryl methyl sites for hydroxylation is 1. The topological polar surface area (TPSA) is 62.3 Å². The summed E-state index contributed by atoms with van der Waals surface area (Å²) in [5.41, 5.74) is 8.80. The molecule has 0 spiro atoms. The van der Waals surface area contributed by atoms with Gasteiger partial charge in [0.05, 0.1) is 5.69 Å². The molecule has 1 aromatic heterocycles. The first-order valence-electron chi connectivity index (χ1n) is 5.90. The largest absolute Gasteiger partial charge is 0.454 e. The Labute approximate surface area is 105 Å². The standard InChI is InChI=1S/C13H15N3O2/c1-16-7-10(11(15-16)4-5-14)9-2-3-12-13(6-9)18-8-17-12/h2-3,6-7H,4-5,8,14H2,1H3. The van der Waals surface area contributed by atoms with E-state index in [0.29, 0.717) is 13.3 Å². The molecule has 5 heteroatoms. The van der Waals surface area contributed by atoms with Crippen molar-refractivity contribution in [1.82, 2.24) is 9.78 Å². The molecule has 0 fully saturated rings. The van der Waals surface area contributed by atoms with Gasteiger partial charge in [-0.3, -0.25) is 4.68 Å². The normalized spacial score (nSPS) is 13.0. The summed E-state index contributed by atoms with van der Waals surface area (Å²) in [4.78, 5) is 0. The molecule has 0 atom stereocenters. The number of fused-ring (bicyclic) bond motifs is 1. The smallest absolute Gasteiger partial charge is 0.231 e. The zero-order valence-corrected chi connectivity index (χ0v) is 10.2. The number of ether oxygens (including phenoxy) is 2. The van der Waals surface area contributed by atoms with Gasteiger partial charge in [-0.1, -0.05) is 6.07 Å². The van der Waals surface area contributed by atoms with Crippen molar-refractivity contribution in [3.63, 3.8) is 0 Å². The minimum Gasteiger partial charge on any atom is -0.454 e. The van der Waals surface area contributed by atoms with Crippen LogP contribution in [0, 0.1) is 0 Å². The van der Waals surface area contributed by atoms with Gasteiger partial charge in [0.25, 0.3) is 0 Å². The summed E-state index contributed by atoms with van der Waals surface area (Å²) in [6.07, 6.45) is 2.77. The molecule has 18 heavy (non-hydrogen) atoms. The second-order valence-electron chi connectivity index (χ2n) is 4.27. The van der Waals surface area contributed by atoms with E-state index in [1.807, 2.05) is 36.1 Å². The van der Waals surface area contributed by atoms with Gasteiger partial charge in [-0.2, -0.15) is 5.10 Å². The summed E-state index contributed by atoms with van der Waals surface area (Å²) in [5.74, 6) is 1.58. The summed E-state index contributed by atoms with van der Waals surface area (Å²) in [7, 11) is 1.91. The molecule has 5 nitrogen and oxygen atoms in total. The first-order valence-corrected chi connectivity index (χ1v) is 5.90. The highest BCUT2D eigenvalue weighted by molar-refractivity contribution is 5.69. The van der Waals surface area contributed by atoms with Gasteiger partial charge in [-0.15, -0.1) is 0 Å². The van der Waals surface area contributed by atoms with Crippen LogP contribution in [0.25, 0.3) is 11.1 Å². The van der Waals surface area contributed by atoms with Crippen molar-refractivity contribution in [3.05, 3.63) is 30.1 Å². The Morgan fingerprint density at radius 2 is 2.17 bits per heavy atom. The van der Waals surface area contributed by atoms with Gasteiger partial charge in [0.1, 0.15) is 0 Å². The van der Waals surface area contributed by atoms with E-state index in [4.69, 9.17) is 15.2 Å². The van der Waals surface area contributed by atoms with Gasteiger partial charge in [0, 0.05) is 25.2 Å². The number of hydrogen-bond donors (Lipinski definition) is 1. The first-order chi connectivity index (χ1) is 8.78. The Morgan fingerprint density at radius 3 is 3.00 bits per heavy atom. The molecule has 3 rings (SSSR count). The fourth-order valence-corrected chi connectivity index (χ4v) is 2.16. The quantitative estimate of drug-likeness (QED) is 0.885. The van der Waals surface area contributed by atoms with Crippen LogP contribution in [-0.2, 0) is 13.5 Å². The fourth-order valence-electron chi connectivity index (χ4n) is 2.16. The molecule has 2 heterocycles. The SMILES string of the molecule is Cn1cc(-c2ccc3c(c2)OCO3)c(CCN)n1. The van der Waals surface area contributed by atoms with Crippen LogP contribution in [0.1, 0.15) is 5.69 Å². The average molecular weight is 245 g/mol. The van der Waals surface area contributed by atoms with Crippen LogP contribution in [0.4, 0.5) is 0 Å². The van der Waals surface area contributed by atoms with E-state index in [9.17, 15) is 0 Å². The third-order valence-corrected chi connectivity index (χ3v) is 2.97. The minimum absolute atomic E-state index is 0.293. The predicted molar refractivity (Wildman–Crippen MR) is 67.5 cm³/mol. The summed E-state index contributed by atoms with van der Waals surface area (Å²) in [5, 5.41) is 4.43. The maximum atomic E-state index is 5.61. The number of aromatic nitrogens is 2. The number of nitrogens with zero attached hydrogens (tertiary/aromatic N) is 2. The van der Waals surface area contributed by atoms with Gasteiger partial charge in [-0.25, -0.2) is 0 Å². The summed E-state index contributed by atoms with van der Waals surface area (Å²) < 4.78 is 12.5. The van der Waals surface area contributed by atoms with Crippen molar-refractivity contribution < 1.29 is 9.47 Å². The van der Waals surface area contributed by atoms with Crippen LogP contribution >= 0.6 is 0 Å². The molecule has 0 saturated carbocycles. The highest BCUT2D eigenvalue weighted by Gasteiger charge is 2.16. The van der Waals surface area contributed by atoms with Crippen LogP contribution in [0.2, 0.25) is 0 Å². The van der Waals surface area contributed by atoms with Gasteiger partial charge >= 0.3 is 0 Å². The maximum absolute atomic E-state index is 5.61. The first kappa shape index (κ1) is 11.1. The molecule has 0 radical (unpaired) electrons. The lowest BCUT2D eigenvalue weighted by atomic mass is 10.0. The third-order valence-electron chi connectivity index (χ3n) is 2.97. The second kappa shape index (κ2) is 4.34. The molecular weight excluding hydrogens is 230 g/mol. The zero-order valence-electron chi connectivity index (χ0n) is 10.2. The lowest BCUT2D eigenvalue weighted by Crippen LogP contribution is -2.04. The van der Waals surface area contributed by atoms with E-state index in [2.05, 4.69) is 5.10 Å². The highest BCUT2D eigenvalue weighted by Crippen LogP contribution is 2.36. The number of nitrogens with two attached hydrogens (primary N) is 1. The Kier molecular flexibility index (Phi) is 2.68. The number of hydrogen-bond acceptors (Lipinski definition) is 4. The zero-order chi connectivity index (χ0) is 12.5. The van der Waals surface area contributed by atoms with Crippen molar-refractivity contribution >= 4 is 0 Å². The molecule has 1 aliphatic rings. The third kappa shape index (κ3) is 1.82. The fraction of sp³-hybridized carbons (Fsp3) is 0.308. The monoisotopic (exact) mass is 245 g/mol. The van der Waals surface area contributed by atoms with E-state index in [1.54, 1.807) is 0 Å². The van der Waals surface area contributed by atoms with Crippen LogP contribution < -0.4 is 15.2 Å². The second-order valence-corrected chi connectivity index (χ2v) is 4.27. The van der Waals surface area contributed by atoms with Crippen molar-refractivity contribution in [3.8, 4) is 22.6 Å². The Morgan fingerprint density at radius 1 is 1.33 bits per heavy atom. The van der Waals surface area contributed by atoms with Gasteiger partial charge in [0.15, 0.2) is 11.5 Å². The minimum atomic E-state index is 0.293. The summed E-state index contributed by atoms with van der Waals surface area (Å²) in [6.45, 7) is 0.885. The Bertz CT molecular complexity index is 578. The van der Waals surface area contributed by atoms with Crippen molar-refractivity contribution in [2.24, 2.45) is 12.8 Å². The van der Waals surface area contributed by atoms with Crippen LogP contribution in [0.5, 0.6) is 11.5 Å². The molecule has 0 aliphatic carbocycles. The maximum Gasteiger partial charge on any atom is 0.231 e. The van der Waals surface area contributed by atoms with Gasteiger partial charge in [-0.05, 0) is 24.2 Å². The molecule has 0 unspecified atom stereocenters. The summed E-state index contributed by atoms with van der Waals surface area (Å²) >= 11 is 0. The van der Waals surface area contributed by atoms with Crippen LogP contribution in [0.3, 0.4) is 0 Å². The molecule has 2 aromatic rings. The number of benzene rings is 1. The van der Waals surface area contributed by atoms with Crippen LogP contribution in [0.15, 0.2) is 24.4 Å². The molecule has 2 N–H and O–H groups in total. The molecule has 0 bridgehead atoms. The van der Waals surface area contributed by atoms with E-state index in [0.717, 1.165) is 34.7 Å². The van der Waals surface area contributed by atoms with Crippen molar-refractivity contribution in [2.45, 2.75) is 6.42 Å². The lowest BCUT2D eigenvalue weighted by molar-refractivity contribution is 0.174. The molecule has 94 valence electrons. The Hall–Kier alpha value is -2.01. The molecule has 0 amide bonds. The average Bonchev–Trinajstić information content (AvgIpc) is 2.95. The van der Waals surface area contributed by atoms with E-state index < -0.39 is 0 Å². The van der Waals surface area contributed by atoms with Gasteiger partial charge < -0.3 is 15.2 Å². The van der Waals surface area contributed by atoms with Crippen molar-refractivity contribution in [2.75, 3.05) is 13.3 Å². The molecule has 1 aliphatic heterocycles. The number of rotatable bonds is 3. The highest BCUT2D eigenvalue weighted by atomic mass is 16.7. The van der Waals surface area contributed by atoms with E-state index in [1.165, 1.54) is 0 Å². The van der Waals surface area contributed by atoms with Crippen LogP contribution in [-0.4, -0.2) is 23.1 Å². The van der Waals surface area contributed by atoms with E-state index >= 15 is 0 Å². The molecule has 0 saturated heterocycles. The Balaban J connectivity index is 2.03. The predicted octanol–water partition coefficient (Wildman–Crippen LogP) is 1.32. The lowest BCUT2D eigenvalue weighted by Gasteiger charge is -2.03.